The maximum absolute atomic E-state index is 12.3. The average molecular weight is 279 g/mol. The zero-order valence-corrected chi connectivity index (χ0v) is 10.9. The number of ether oxygens (including phenoxy) is 1. The first kappa shape index (κ1) is 14.3. The first-order chi connectivity index (χ1) is 9.60. The van der Waals surface area contributed by atoms with E-state index in [1.807, 2.05) is 0 Å². The molecule has 0 aromatic heterocycles. The van der Waals surface area contributed by atoms with Gasteiger partial charge in [0.2, 0.25) is 0 Å². The molecule has 0 heterocycles. The number of terminal acetylenes is 1. The van der Waals surface area contributed by atoms with Crippen LogP contribution in [0.2, 0.25) is 0 Å². The molecule has 1 aliphatic rings. The van der Waals surface area contributed by atoms with Crippen LogP contribution in [0.4, 0.5) is 8.78 Å². The first-order valence-electron chi connectivity index (χ1n) is 6.37. The monoisotopic (exact) mass is 279 g/mol. The molecule has 0 atom stereocenters. The number of amides is 1. The van der Waals surface area contributed by atoms with Crippen LogP contribution in [0.25, 0.3) is 0 Å². The lowest BCUT2D eigenvalue weighted by Gasteiger charge is -2.20. The van der Waals surface area contributed by atoms with Crippen LogP contribution in [0, 0.1) is 18.3 Å². The van der Waals surface area contributed by atoms with Crippen LogP contribution in [0.5, 0.6) is 5.75 Å². The normalized spacial score (nSPS) is 13.9. The summed E-state index contributed by atoms with van der Waals surface area (Å²) >= 11 is 0. The van der Waals surface area contributed by atoms with Gasteiger partial charge in [0.05, 0.1) is 6.54 Å². The largest absolute Gasteiger partial charge is 0.435 e. The number of alkyl halides is 2. The summed E-state index contributed by atoms with van der Waals surface area (Å²) in [4.78, 5) is 13.9. The molecular formula is C15H15F2NO2. The van der Waals surface area contributed by atoms with Gasteiger partial charge in [-0.2, -0.15) is 8.78 Å². The smallest absolute Gasteiger partial charge is 0.387 e. The summed E-state index contributed by atoms with van der Waals surface area (Å²) in [6, 6.07) is 5.64. The Morgan fingerprint density at radius 1 is 1.40 bits per heavy atom. The Morgan fingerprint density at radius 3 is 2.55 bits per heavy atom. The summed E-state index contributed by atoms with van der Waals surface area (Å²) in [7, 11) is 0. The van der Waals surface area contributed by atoms with Crippen molar-refractivity contribution < 1.29 is 18.3 Å². The van der Waals surface area contributed by atoms with Crippen molar-refractivity contribution >= 4 is 5.91 Å². The fraction of sp³-hybridized carbons (Fsp3) is 0.400. The van der Waals surface area contributed by atoms with E-state index in [1.165, 1.54) is 24.3 Å². The number of carbonyl (C=O) groups excluding carboxylic acids is 1. The van der Waals surface area contributed by atoms with Gasteiger partial charge in [0, 0.05) is 12.1 Å². The van der Waals surface area contributed by atoms with E-state index in [9.17, 15) is 13.6 Å². The van der Waals surface area contributed by atoms with E-state index >= 15 is 0 Å². The van der Waals surface area contributed by atoms with Crippen LogP contribution in [0.1, 0.15) is 23.2 Å². The lowest BCUT2D eigenvalue weighted by Crippen LogP contribution is -2.33. The van der Waals surface area contributed by atoms with Gasteiger partial charge < -0.3 is 9.64 Å². The number of hydrogen-bond donors (Lipinski definition) is 0. The van der Waals surface area contributed by atoms with Gasteiger partial charge in [-0.25, -0.2) is 0 Å². The van der Waals surface area contributed by atoms with E-state index in [1.54, 1.807) is 4.90 Å². The van der Waals surface area contributed by atoms with Crippen LogP contribution >= 0.6 is 0 Å². The molecule has 20 heavy (non-hydrogen) atoms. The number of hydrogen-bond acceptors (Lipinski definition) is 2. The topological polar surface area (TPSA) is 29.5 Å². The molecule has 1 aromatic rings. The van der Waals surface area contributed by atoms with Crippen molar-refractivity contribution in [2.45, 2.75) is 19.5 Å². The van der Waals surface area contributed by atoms with Crippen LogP contribution in [-0.4, -0.2) is 30.5 Å². The first-order valence-corrected chi connectivity index (χ1v) is 6.37. The van der Waals surface area contributed by atoms with E-state index in [4.69, 9.17) is 6.42 Å². The Balaban J connectivity index is 2.04. The molecule has 1 fully saturated rings. The Morgan fingerprint density at radius 2 is 2.05 bits per heavy atom. The molecule has 0 spiro atoms. The molecule has 2 rings (SSSR count). The van der Waals surface area contributed by atoms with Gasteiger partial charge in [-0.15, -0.1) is 6.42 Å². The van der Waals surface area contributed by atoms with E-state index in [-0.39, 0.29) is 18.2 Å². The lowest BCUT2D eigenvalue weighted by atomic mass is 10.2. The molecule has 0 N–H and O–H groups in total. The second-order valence-electron chi connectivity index (χ2n) is 4.74. The SMILES string of the molecule is C#CCN(CC1CC1)C(=O)c1ccc(OC(F)F)cc1. The molecule has 0 unspecified atom stereocenters. The van der Waals surface area contributed by atoms with Crippen molar-refractivity contribution in [3.8, 4) is 18.1 Å². The van der Waals surface area contributed by atoms with E-state index in [0.717, 1.165) is 12.8 Å². The van der Waals surface area contributed by atoms with Gasteiger partial charge in [-0.3, -0.25) is 4.79 Å². The highest BCUT2D eigenvalue weighted by molar-refractivity contribution is 5.94. The zero-order chi connectivity index (χ0) is 14.5. The van der Waals surface area contributed by atoms with E-state index in [2.05, 4.69) is 10.7 Å². The molecule has 1 amide bonds. The second-order valence-corrected chi connectivity index (χ2v) is 4.74. The van der Waals surface area contributed by atoms with Crippen LogP contribution < -0.4 is 4.74 Å². The molecule has 3 nitrogen and oxygen atoms in total. The van der Waals surface area contributed by atoms with E-state index < -0.39 is 6.61 Å². The maximum Gasteiger partial charge on any atom is 0.387 e. The summed E-state index contributed by atoms with van der Waals surface area (Å²) in [5.74, 6) is 2.85. The molecule has 0 bridgehead atoms. The predicted octanol–water partition coefficient (Wildman–Crippen LogP) is 2.77. The summed E-state index contributed by atoms with van der Waals surface area (Å²) < 4.78 is 28.3. The van der Waals surface area contributed by atoms with Gasteiger partial charge in [-0.1, -0.05) is 5.92 Å². The Hall–Kier alpha value is -2.09. The number of rotatable bonds is 6. The zero-order valence-electron chi connectivity index (χ0n) is 10.9. The third-order valence-corrected chi connectivity index (χ3v) is 3.07. The fourth-order valence-electron chi connectivity index (χ4n) is 1.90. The van der Waals surface area contributed by atoms with Gasteiger partial charge >= 0.3 is 6.61 Å². The molecule has 106 valence electrons. The minimum Gasteiger partial charge on any atom is -0.435 e. The quantitative estimate of drug-likeness (QED) is 0.749. The summed E-state index contributed by atoms with van der Waals surface area (Å²) in [6.45, 7) is -1.97. The molecule has 0 saturated heterocycles. The number of halogens is 2. The second kappa shape index (κ2) is 6.38. The number of carbonyl (C=O) groups is 1. The minimum atomic E-state index is -2.87. The summed E-state index contributed by atoms with van der Waals surface area (Å²) in [5.41, 5.74) is 0.419. The third-order valence-electron chi connectivity index (χ3n) is 3.07. The number of benzene rings is 1. The van der Waals surface area contributed by atoms with Crippen molar-refractivity contribution in [1.82, 2.24) is 4.90 Å². The lowest BCUT2D eigenvalue weighted by molar-refractivity contribution is -0.0498. The molecule has 0 aliphatic heterocycles. The molecule has 1 aliphatic carbocycles. The highest BCUT2D eigenvalue weighted by Crippen LogP contribution is 2.30. The highest BCUT2D eigenvalue weighted by atomic mass is 19.3. The van der Waals surface area contributed by atoms with Crippen LogP contribution in [0.15, 0.2) is 24.3 Å². The average Bonchev–Trinajstić information content (AvgIpc) is 3.22. The van der Waals surface area contributed by atoms with Crippen molar-refractivity contribution in [2.75, 3.05) is 13.1 Å². The minimum absolute atomic E-state index is 0.0299. The maximum atomic E-state index is 12.3. The van der Waals surface area contributed by atoms with Gasteiger partial charge in [0.15, 0.2) is 0 Å². The fourth-order valence-corrected chi connectivity index (χ4v) is 1.90. The standard InChI is InChI=1S/C15H15F2NO2/c1-2-9-18(10-11-3-4-11)14(19)12-5-7-13(8-6-12)20-15(16)17/h1,5-8,11,15H,3-4,9-10H2. The molecule has 1 saturated carbocycles. The Kier molecular flexibility index (Phi) is 4.57. The van der Waals surface area contributed by atoms with Gasteiger partial charge in [0.1, 0.15) is 5.75 Å². The highest BCUT2D eigenvalue weighted by Gasteiger charge is 2.26. The van der Waals surface area contributed by atoms with Crippen molar-refractivity contribution in [1.29, 1.82) is 0 Å². The predicted molar refractivity (Wildman–Crippen MR) is 70.5 cm³/mol. The van der Waals surface area contributed by atoms with Crippen LogP contribution in [-0.2, 0) is 0 Å². The molecule has 0 radical (unpaired) electrons. The van der Waals surface area contributed by atoms with Crippen molar-refractivity contribution in [3.63, 3.8) is 0 Å². The molecular weight excluding hydrogens is 264 g/mol. The summed E-state index contributed by atoms with van der Waals surface area (Å²) in [5, 5.41) is 0. The van der Waals surface area contributed by atoms with Crippen LogP contribution in [0.3, 0.4) is 0 Å². The van der Waals surface area contributed by atoms with Crippen molar-refractivity contribution in [2.24, 2.45) is 5.92 Å². The molecule has 5 heteroatoms. The van der Waals surface area contributed by atoms with Gasteiger partial charge in [-0.05, 0) is 43.0 Å². The van der Waals surface area contributed by atoms with E-state index in [0.29, 0.717) is 18.0 Å². The Bertz CT molecular complexity index is 504. The summed E-state index contributed by atoms with van der Waals surface area (Å²) in [6.07, 6.45) is 7.51. The van der Waals surface area contributed by atoms with Crippen molar-refractivity contribution in [3.05, 3.63) is 29.8 Å². The third kappa shape index (κ3) is 3.95. The Labute approximate surface area is 116 Å². The number of nitrogens with zero attached hydrogens (tertiary/aromatic N) is 1. The van der Waals surface area contributed by atoms with Gasteiger partial charge in [0.25, 0.3) is 5.91 Å². The molecule has 1 aromatic carbocycles.